The molecule has 2 aliphatic heterocycles. The van der Waals surface area contributed by atoms with Gasteiger partial charge in [-0.15, -0.1) is 0 Å². The fourth-order valence-electron chi connectivity index (χ4n) is 2.91. The number of amides is 1. The molecule has 3 atom stereocenters. The standard InChI is InChI=1S/C16H22N2O3/c1-12-10-18(16(19)15-9-17-7-8-20-15)14(11-21-12)13-5-3-2-4-6-13/h2-6,12,14-15,17H,7-11H2,1H3/t12-,14-,15+/m1/s1. The molecular formula is C16H22N2O3. The summed E-state index contributed by atoms with van der Waals surface area (Å²) in [5.74, 6) is 0.0613. The number of rotatable bonds is 2. The van der Waals surface area contributed by atoms with Crippen molar-refractivity contribution in [3.05, 3.63) is 35.9 Å². The van der Waals surface area contributed by atoms with Crippen molar-refractivity contribution in [1.29, 1.82) is 0 Å². The van der Waals surface area contributed by atoms with Gasteiger partial charge < -0.3 is 19.7 Å². The van der Waals surface area contributed by atoms with Crippen LogP contribution in [0.2, 0.25) is 0 Å². The summed E-state index contributed by atoms with van der Waals surface area (Å²) in [5, 5.41) is 3.22. The molecule has 3 rings (SSSR count). The number of carbonyl (C=O) groups excluding carboxylic acids is 1. The van der Waals surface area contributed by atoms with E-state index in [1.165, 1.54) is 0 Å². The largest absolute Gasteiger partial charge is 0.374 e. The number of morpholine rings is 2. The molecule has 21 heavy (non-hydrogen) atoms. The Bertz CT molecular complexity index is 474. The maximum Gasteiger partial charge on any atom is 0.253 e. The quantitative estimate of drug-likeness (QED) is 0.881. The topological polar surface area (TPSA) is 50.8 Å². The second-order valence-electron chi connectivity index (χ2n) is 5.62. The molecule has 2 aliphatic rings. The van der Waals surface area contributed by atoms with Gasteiger partial charge in [-0.1, -0.05) is 30.3 Å². The van der Waals surface area contributed by atoms with Crippen LogP contribution < -0.4 is 5.32 Å². The summed E-state index contributed by atoms with van der Waals surface area (Å²) in [6.45, 7) is 5.14. The molecule has 1 N–H and O–H groups in total. The highest BCUT2D eigenvalue weighted by molar-refractivity contribution is 5.82. The van der Waals surface area contributed by atoms with E-state index in [2.05, 4.69) is 5.32 Å². The summed E-state index contributed by atoms with van der Waals surface area (Å²) in [6, 6.07) is 10.0. The van der Waals surface area contributed by atoms with Gasteiger partial charge in [-0.25, -0.2) is 0 Å². The molecule has 1 aromatic rings. The Balaban J connectivity index is 1.79. The lowest BCUT2D eigenvalue weighted by Crippen LogP contribution is -2.54. The number of hydrogen-bond donors (Lipinski definition) is 1. The van der Waals surface area contributed by atoms with Crippen molar-refractivity contribution in [1.82, 2.24) is 10.2 Å². The Hall–Kier alpha value is -1.43. The average Bonchev–Trinajstić information content (AvgIpc) is 2.56. The van der Waals surface area contributed by atoms with E-state index in [9.17, 15) is 4.79 Å². The molecule has 0 spiro atoms. The summed E-state index contributed by atoms with van der Waals surface area (Å²) in [5.41, 5.74) is 1.11. The van der Waals surface area contributed by atoms with E-state index in [1.807, 2.05) is 42.2 Å². The Morgan fingerprint density at radius 3 is 2.81 bits per heavy atom. The molecule has 0 saturated carbocycles. The van der Waals surface area contributed by atoms with E-state index in [4.69, 9.17) is 9.47 Å². The molecule has 1 amide bonds. The molecule has 2 heterocycles. The number of carbonyl (C=O) groups is 1. The number of nitrogens with zero attached hydrogens (tertiary/aromatic N) is 1. The molecule has 114 valence electrons. The molecular weight excluding hydrogens is 268 g/mol. The highest BCUT2D eigenvalue weighted by Gasteiger charge is 2.36. The lowest BCUT2D eigenvalue weighted by atomic mass is 10.0. The molecule has 0 unspecified atom stereocenters. The maximum absolute atomic E-state index is 12.8. The van der Waals surface area contributed by atoms with Crippen LogP contribution in [0.15, 0.2) is 30.3 Å². The SMILES string of the molecule is C[C@@H]1CN(C(=O)[C@@H]2CNCCO2)[C@@H](c2ccccc2)CO1. The van der Waals surface area contributed by atoms with Gasteiger partial charge in [-0.3, -0.25) is 4.79 Å². The zero-order valence-corrected chi connectivity index (χ0v) is 12.3. The van der Waals surface area contributed by atoms with Gasteiger partial charge in [0.1, 0.15) is 6.10 Å². The van der Waals surface area contributed by atoms with E-state index in [-0.39, 0.29) is 24.2 Å². The van der Waals surface area contributed by atoms with Crippen LogP contribution in [0.4, 0.5) is 0 Å². The smallest absolute Gasteiger partial charge is 0.253 e. The number of hydrogen-bond acceptors (Lipinski definition) is 4. The van der Waals surface area contributed by atoms with Gasteiger partial charge in [0, 0.05) is 19.6 Å². The van der Waals surface area contributed by atoms with Gasteiger partial charge in [0.05, 0.1) is 25.4 Å². The van der Waals surface area contributed by atoms with E-state index in [1.54, 1.807) is 0 Å². The fraction of sp³-hybridized carbons (Fsp3) is 0.562. The minimum atomic E-state index is -0.379. The predicted octanol–water partition coefficient (Wildman–Crippen LogP) is 0.963. The Morgan fingerprint density at radius 1 is 1.29 bits per heavy atom. The normalized spacial score (nSPS) is 30.1. The van der Waals surface area contributed by atoms with E-state index >= 15 is 0 Å². The first-order valence-corrected chi connectivity index (χ1v) is 7.55. The van der Waals surface area contributed by atoms with E-state index in [0.717, 1.165) is 12.1 Å². The third-order valence-corrected chi connectivity index (χ3v) is 4.04. The molecule has 5 heteroatoms. The number of benzene rings is 1. The third kappa shape index (κ3) is 3.26. The van der Waals surface area contributed by atoms with Crippen LogP contribution in [0, 0.1) is 0 Å². The molecule has 0 aromatic heterocycles. The van der Waals surface area contributed by atoms with Gasteiger partial charge in [0.25, 0.3) is 5.91 Å². The van der Waals surface area contributed by atoms with E-state index < -0.39 is 0 Å². The fourth-order valence-corrected chi connectivity index (χ4v) is 2.91. The maximum atomic E-state index is 12.8. The number of nitrogens with one attached hydrogen (secondary N) is 1. The minimum absolute atomic E-state index is 0.0274. The number of ether oxygens (including phenoxy) is 2. The molecule has 5 nitrogen and oxygen atoms in total. The van der Waals surface area contributed by atoms with Crippen molar-refractivity contribution in [3.8, 4) is 0 Å². The molecule has 0 aliphatic carbocycles. The molecule has 1 aromatic carbocycles. The lowest BCUT2D eigenvalue weighted by molar-refractivity contribution is -0.158. The van der Waals surface area contributed by atoms with Crippen molar-refractivity contribution in [2.45, 2.75) is 25.2 Å². The first-order valence-electron chi connectivity index (χ1n) is 7.55. The van der Waals surface area contributed by atoms with Crippen LogP contribution in [0.1, 0.15) is 18.5 Å². The van der Waals surface area contributed by atoms with Crippen LogP contribution in [-0.4, -0.2) is 55.9 Å². The van der Waals surface area contributed by atoms with Gasteiger partial charge in [-0.05, 0) is 12.5 Å². The monoisotopic (exact) mass is 290 g/mol. The highest BCUT2D eigenvalue weighted by atomic mass is 16.5. The van der Waals surface area contributed by atoms with Gasteiger partial charge >= 0.3 is 0 Å². The van der Waals surface area contributed by atoms with Crippen LogP contribution in [0.3, 0.4) is 0 Å². The second kappa shape index (κ2) is 6.56. The first kappa shape index (κ1) is 14.5. The Kier molecular flexibility index (Phi) is 4.53. The lowest BCUT2D eigenvalue weighted by Gasteiger charge is -2.41. The minimum Gasteiger partial charge on any atom is -0.374 e. The molecule has 2 fully saturated rings. The van der Waals surface area contributed by atoms with Crippen molar-refractivity contribution in [3.63, 3.8) is 0 Å². The zero-order chi connectivity index (χ0) is 14.7. The molecule has 0 radical (unpaired) electrons. The predicted molar refractivity (Wildman–Crippen MR) is 78.9 cm³/mol. The van der Waals surface area contributed by atoms with Crippen LogP contribution in [-0.2, 0) is 14.3 Å². The zero-order valence-electron chi connectivity index (χ0n) is 12.3. The van der Waals surface area contributed by atoms with Crippen LogP contribution >= 0.6 is 0 Å². The third-order valence-electron chi connectivity index (χ3n) is 4.04. The second-order valence-corrected chi connectivity index (χ2v) is 5.62. The van der Waals surface area contributed by atoms with Gasteiger partial charge in [-0.2, -0.15) is 0 Å². The summed E-state index contributed by atoms with van der Waals surface area (Å²) in [7, 11) is 0. The molecule has 0 bridgehead atoms. The summed E-state index contributed by atoms with van der Waals surface area (Å²) < 4.78 is 11.4. The van der Waals surface area contributed by atoms with Gasteiger partial charge in [0.2, 0.25) is 0 Å². The van der Waals surface area contributed by atoms with Crippen molar-refractivity contribution < 1.29 is 14.3 Å². The van der Waals surface area contributed by atoms with E-state index in [0.29, 0.717) is 26.3 Å². The summed E-state index contributed by atoms with van der Waals surface area (Å²) in [6.07, 6.45) is -0.319. The van der Waals surface area contributed by atoms with Crippen LogP contribution in [0.25, 0.3) is 0 Å². The average molecular weight is 290 g/mol. The summed E-state index contributed by atoms with van der Waals surface area (Å²) >= 11 is 0. The van der Waals surface area contributed by atoms with Crippen molar-refractivity contribution >= 4 is 5.91 Å². The van der Waals surface area contributed by atoms with Gasteiger partial charge in [0.15, 0.2) is 0 Å². The molecule has 2 saturated heterocycles. The van der Waals surface area contributed by atoms with Crippen molar-refractivity contribution in [2.75, 3.05) is 32.8 Å². The Labute approximate surface area is 125 Å². The Morgan fingerprint density at radius 2 is 2.10 bits per heavy atom. The highest BCUT2D eigenvalue weighted by Crippen LogP contribution is 2.27. The van der Waals surface area contributed by atoms with Crippen molar-refractivity contribution in [2.24, 2.45) is 0 Å². The summed E-state index contributed by atoms with van der Waals surface area (Å²) in [4.78, 5) is 14.7. The first-order chi connectivity index (χ1) is 10.3. The van der Waals surface area contributed by atoms with Crippen LogP contribution in [0.5, 0.6) is 0 Å².